The molecule has 5 heteroatoms. The summed E-state index contributed by atoms with van der Waals surface area (Å²) in [7, 11) is 0. The molecule has 0 aromatic heterocycles. The topological polar surface area (TPSA) is 40.5 Å². The van der Waals surface area contributed by atoms with Crippen LogP contribution in [0.25, 0.3) is 0 Å². The van der Waals surface area contributed by atoms with E-state index in [-0.39, 0.29) is 5.56 Å². The first-order chi connectivity index (χ1) is 9.41. The minimum atomic E-state index is -0.830. The van der Waals surface area contributed by atoms with Crippen molar-refractivity contribution in [1.82, 2.24) is 4.90 Å². The van der Waals surface area contributed by atoms with Crippen LogP contribution in [0.5, 0.6) is 0 Å². The average Bonchev–Trinajstić information content (AvgIpc) is 2.84. The Morgan fingerprint density at radius 2 is 2.05 bits per heavy atom. The Bertz CT molecular complexity index is 500. The number of carboxylic acid groups (broad SMARTS) is 1. The molecule has 1 N–H and O–H groups in total. The third-order valence-electron chi connectivity index (χ3n) is 4.48. The zero-order valence-corrected chi connectivity index (χ0v) is 11.7. The van der Waals surface area contributed by atoms with Gasteiger partial charge in [-0.05, 0) is 38.4 Å². The number of carbonyl (C=O) groups is 1. The molecule has 1 aromatic rings. The Morgan fingerprint density at radius 3 is 2.50 bits per heavy atom. The summed E-state index contributed by atoms with van der Waals surface area (Å²) in [5, 5.41) is 9.37. The van der Waals surface area contributed by atoms with E-state index in [1.54, 1.807) is 6.92 Å². The monoisotopic (exact) mass is 283 g/mol. The number of halogens is 2. The average molecular weight is 283 g/mol. The predicted octanol–water partition coefficient (Wildman–Crippen LogP) is 3.21. The highest BCUT2D eigenvalue weighted by Crippen LogP contribution is 2.39. The summed E-state index contributed by atoms with van der Waals surface area (Å²) >= 11 is 0. The van der Waals surface area contributed by atoms with Gasteiger partial charge in [0.05, 0.1) is 5.41 Å². The SMILES string of the molecule is CCC1(C(=O)O)CCN(C(C)c2c(F)cccc2F)C1. The predicted molar refractivity (Wildman–Crippen MR) is 71.3 cm³/mol. The maximum Gasteiger partial charge on any atom is 0.310 e. The molecule has 20 heavy (non-hydrogen) atoms. The molecule has 0 radical (unpaired) electrons. The first-order valence-electron chi connectivity index (χ1n) is 6.82. The minimum absolute atomic E-state index is 0.0183. The van der Waals surface area contributed by atoms with Crippen LogP contribution in [-0.2, 0) is 4.79 Å². The van der Waals surface area contributed by atoms with E-state index in [9.17, 15) is 18.7 Å². The van der Waals surface area contributed by atoms with E-state index in [1.807, 2.05) is 11.8 Å². The van der Waals surface area contributed by atoms with Crippen molar-refractivity contribution in [3.8, 4) is 0 Å². The highest BCUT2D eigenvalue weighted by molar-refractivity contribution is 5.75. The van der Waals surface area contributed by atoms with E-state index in [1.165, 1.54) is 18.2 Å². The Hall–Kier alpha value is -1.49. The molecule has 1 aromatic carbocycles. The molecular weight excluding hydrogens is 264 g/mol. The number of hydrogen-bond acceptors (Lipinski definition) is 2. The second kappa shape index (κ2) is 5.48. The summed E-state index contributed by atoms with van der Waals surface area (Å²) in [4.78, 5) is 13.3. The lowest BCUT2D eigenvalue weighted by Crippen LogP contribution is -2.35. The Morgan fingerprint density at radius 1 is 1.45 bits per heavy atom. The zero-order chi connectivity index (χ0) is 14.9. The van der Waals surface area contributed by atoms with Crippen LogP contribution in [0.4, 0.5) is 8.78 Å². The van der Waals surface area contributed by atoms with Crippen molar-refractivity contribution in [2.24, 2.45) is 5.41 Å². The largest absolute Gasteiger partial charge is 0.481 e. The van der Waals surface area contributed by atoms with Gasteiger partial charge in [0.25, 0.3) is 0 Å². The van der Waals surface area contributed by atoms with E-state index in [0.29, 0.717) is 25.9 Å². The lowest BCUT2D eigenvalue weighted by Gasteiger charge is -2.28. The van der Waals surface area contributed by atoms with Gasteiger partial charge in [-0.25, -0.2) is 8.78 Å². The highest BCUT2D eigenvalue weighted by Gasteiger charge is 2.45. The van der Waals surface area contributed by atoms with Gasteiger partial charge < -0.3 is 5.11 Å². The van der Waals surface area contributed by atoms with Crippen molar-refractivity contribution in [2.45, 2.75) is 32.7 Å². The number of rotatable bonds is 4. The molecule has 1 fully saturated rings. The fourth-order valence-corrected chi connectivity index (χ4v) is 2.94. The summed E-state index contributed by atoms with van der Waals surface area (Å²) in [6.07, 6.45) is 1.03. The van der Waals surface area contributed by atoms with E-state index >= 15 is 0 Å². The Balaban J connectivity index is 2.24. The van der Waals surface area contributed by atoms with E-state index in [0.717, 1.165) is 0 Å². The van der Waals surface area contributed by atoms with Crippen molar-refractivity contribution in [3.63, 3.8) is 0 Å². The van der Waals surface area contributed by atoms with Crippen molar-refractivity contribution < 1.29 is 18.7 Å². The summed E-state index contributed by atoms with van der Waals surface area (Å²) in [5.74, 6) is -1.99. The molecule has 0 amide bonds. The molecule has 3 nitrogen and oxygen atoms in total. The maximum absolute atomic E-state index is 13.8. The molecule has 2 atom stereocenters. The van der Waals surface area contributed by atoms with Gasteiger partial charge in [-0.15, -0.1) is 0 Å². The Labute approximate surface area is 117 Å². The fourth-order valence-electron chi connectivity index (χ4n) is 2.94. The molecule has 2 unspecified atom stereocenters. The summed E-state index contributed by atoms with van der Waals surface area (Å²) in [5.41, 5.74) is -0.777. The zero-order valence-electron chi connectivity index (χ0n) is 11.7. The number of hydrogen-bond donors (Lipinski definition) is 1. The molecule has 1 saturated heterocycles. The van der Waals surface area contributed by atoms with Gasteiger partial charge in [-0.3, -0.25) is 9.69 Å². The number of likely N-dealkylation sites (tertiary alicyclic amines) is 1. The van der Waals surface area contributed by atoms with Gasteiger partial charge in [-0.2, -0.15) is 0 Å². The molecule has 0 bridgehead atoms. The van der Waals surface area contributed by atoms with Gasteiger partial charge in [0, 0.05) is 18.2 Å². The van der Waals surface area contributed by atoms with Crippen LogP contribution in [0.15, 0.2) is 18.2 Å². The summed E-state index contributed by atoms with van der Waals surface area (Å²) < 4.78 is 27.6. The molecule has 1 aliphatic rings. The van der Waals surface area contributed by atoms with Gasteiger partial charge in [0.15, 0.2) is 0 Å². The van der Waals surface area contributed by atoms with E-state index in [4.69, 9.17) is 0 Å². The maximum atomic E-state index is 13.8. The van der Waals surface area contributed by atoms with Crippen LogP contribution in [0, 0.1) is 17.0 Å². The number of aliphatic carboxylic acids is 1. The second-order valence-corrected chi connectivity index (χ2v) is 5.47. The van der Waals surface area contributed by atoms with Crippen LogP contribution < -0.4 is 0 Å². The molecular formula is C15H19F2NO2. The summed E-state index contributed by atoms with van der Waals surface area (Å²) in [6, 6.07) is 3.33. The first-order valence-corrected chi connectivity index (χ1v) is 6.82. The van der Waals surface area contributed by atoms with Crippen molar-refractivity contribution in [3.05, 3.63) is 35.4 Å². The minimum Gasteiger partial charge on any atom is -0.481 e. The lowest BCUT2D eigenvalue weighted by atomic mass is 9.84. The second-order valence-electron chi connectivity index (χ2n) is 5.47. The van der Waals surface area contributed by atoms with Crippen LogP contribution in [0.1, 0.15) is 38.3 Å². The molecule has 1 aliphatic heterocycles. The quantitative estimate of drug-likeness (QED) is 0.922. The molecule has 0 spiro atoms. The number of nitrogens with zero attached hydrogens (tertiary/aromatic N) is 1. The standard InChI is InChI=1S/C15H19F2NO2/c1-3-15(14(19)20)7-8-18(9-15)10(2)13-11(16)5-4-6-12(13)17/h4-6,10H,3,7-9H2,1-2H3,(H,19,20). The fraction of sp³-hybridized carbons (Fsp3) is 0.533. The van der Waals surface area contributed by atoms with E-state index < -0.39 is 29.1 Å². The third-order valence-corrected chi connectivity index (χ3v) is 4.48. The molecule has 1 heterocycles. The van der Waals surface area contributed by atoms with Crippen molar-refractivity contribution >= 4 is 5.97 Å². The number of benzene rings is 1. The highest BCUT2D eigenvalue weighted by atomic mass is 19.1. The molecule has 0 aliphatic carbocycles. The van der Waals surface area contributed by atoms with Crippen LogP contribution >= 0.6 is 0 Å². The molecule has 0 saturated carbocycles. The smallest absolute Gasteiger partial charge is 0.310 e. The van der Waals surface area contributed by atoms with Crippen molar-refractivity contribution in [2.75, 3.05) is 13.1 Å². The van der Waals surface area contributed by atoms with Crippen molar-refractivity contribution in [1.29, 1.82) is 0 Å². The summed E-state index contributed by atoms with van der Waals surface area (Å²) in [6.45, 7) is 4.42. The number of carboxylic acids is 1. The lowest BCUT2D eigenvalue weighted by molar-refractivity contribution is -0.148. The normalized spacial score (nSPS) is 24.8. The van der Waals surface area contributed by atoms with Crippen LogP contribution in [0.3, 0.4) is 0 Å². The van der Waals surface area contributed by atoms with Gasteiger partial charge in [0.2, 0.25) is 0 Å². The first kappa shape index (κ1) is 14.9. The van der Waals surface area contributed by atoms with E-state index in [2.05, 4.69) is 0 Å². The van der Waals surface area contributed by atoms with Gasteiger partial charge in [-0.1, -0.05) is 13.0 Å². The van der Waals surface area contributed by atoms with Gasteiger partial charge >= 0.3 is 5.97 Å². The molecule has 2 rings (SSSR count). The third kappa shape index (κ3) is 2.42. The van der Waals surface area contributed by atoms with Crippen LogP contribution in [-0.4, -0.2) is 29.1 Å². The Kier molecular flexibility index (Phi) is 4.09. The molecule has 110 valence electrons. The van der Waals surface area contributed by atoms with Crippen LogP contribution in [0.2, 0.25) is 0 Å². The van der Waals surface area contributed by atoms with Gasteiger partial charge in [0.1, 0.15) is 11.6 Å².